The standard InChI is InChI=1S/C17H25N5O3/c1-7-10(2)21-11(3)12(4)22-13-14(18-16(21)22)19(5)17(24)20(15(13)23)8-9-25-6/h10H,7-9H2,1-6H3. The van der Waals surface area contributed by atoms with E-state index < -0.39 is 0 Å². The maximum Gasteiger partial charge on any atom is 0.332 e. The highest BCUT2D eigenvalue weighted by molar-refractivity contribution is 5.76. The summed E-state index contributed by atoms with van der Waals surface area (Å²) in [6.45, 7) is 8.78. The highest BCUT2D eigenvalue weighted by atomic mass is 16.5. The molecule has 0 amide bonds. The van der Waals surface area contributed by atoms with Gasteiger partial charge in [-0.1, -0.05) is 6.92 Å². The topological polar surface area (TPSA) is 75.5 Å². The summed E-state index contributed by atoms with van der Waals surface area (Å²) >= 11 is 0. The Balaban J connectivity index is 2.49. The van der Waals surface area contributed by atoms with Gasteiger partial charge in [0.2, 0.25) is 5.78 Å². The van der Waals surface area contributed by atoms with Crippen LogP contribution in [0, 0.1) is 13.8 Å². The molecule has 0 fully saturated rings. The molecule has 3 heterocycles. The van der Waals surface area contributed by atoms with Crippen molar-refractivity contribution in [2.24, 2.45) is 7.05 Å². The van der Waals surface area contributed by atoms with Crippen molar-refractivity contribution in [3.63, 3.8) is 0 Å². The summed E-state index contributed by atoms with van der Waals surface area (Å²) in [6.07, 6.45) is 0.949. The van der Waals surface area contributed by atoms with Crippen LogP contribution in [0.2, 0.25) is 0 Å². The predicted octanol–water partition coefficient (Wildman–Crippen LogP) is 1.38. The Bertz CT molecular complexity index is 1070. The number of hydrogen-bond acceptors (Lipinski definition) is 4. The van der Waals surface area contributed by atoms with Crippen molar-refractivity contribution in [3.8, 4) is 0 Å². The van der Waals surface area contributed by atoms with Gasteiger partial charge in [0, 0.05) is 31.6 Å². The number of methoxy groups -OCH3 is 1. The molecule has 8 nitrogen and oxygen atoms in total. The lowest BCUT2D eigenvalue weighted by molar-refractivity contribution is 0.184. The monoisotopic (exact) mass is 347 g/mol. The molecule has 1 unspecified atom stereocenters. The van der Waals surface area contributed by atoms with E-state index in [-0.39, 0.29) is 23.8 Å². The summed E-state index contributed by atoms with van der Waals surface area (Å²) in [5.74, 6) is 0.705. The van der Waals surface area contributed by atoms with Crippen molar-refractivity contribution in [2.75, 3.05) is 13.7 Å². The first-order valence-electron chi connectivity index (χ1n) is 8.53. The Labute approximate surface area is 145 Å². The lowest BCUT2D eigenvalue weighted by Crippen LogP contribution is -2.40. The van der Waals surface area contributed by atoms with Crippen LogP contribution in [-0.4, -0.2) is 36.8 Å². The smallest absolute Gasteiger partial charge is 0.332 e. The quantitative estimate of drug-likeness (QED) is 0.699. The van der Waals surface area contributed by atoms with Gasteiger partial charge in [-0.15, -0.1) is 0 Å². The first kappa shape index (κ1) is 17.5. The van der Waals surface area contributed by atoms with Gasteiger partial charge >= 0.3 is 5.69 Å². The van der Waals surface area contributed by atoms with Crippen molar-refractivity contribution >= 4 is 16.9 Å². The molecule has 0 saturated carbocycles. The van der Waals surface area contributed by atoms with Crippen LogP contribution in [0.3, 0.4) is 0 Å². The third-order valence-corrected chi connectivity index (χ3v) is 5.11. The van der Waals surface area contributed by atoms with Crippen molar-refractivity contribution in [2.45, 2.75) is 46.7 Å². The first-order valence-corrected chi connectivity index (χ1v) is 8.53. The number of hydrogen-bond donors (Lipinski definition) is 0. The molecule has 0 saturated heterocycles. The first-order chi connectivity index (χ1) is 11.8. The van der Waals surface area contributed by atoms with E-state index in [1.165, 1.54) is 9.13 Å². The van der Waals surface area contributed by atoms with Gasteiger partial charge in [-0.3, -0.25) is 18.3 Å². The molecule has 3 aromatic heterocycles. The number of aromatic nitrogens is 5. The minimum absolute atomic E-state index is 0.218. The van der Waals surface area contributed by atoms with E-state index in [4.69, 9.17) is 4.74 Å². The van der Waals surface area contributed by atoms with E-state index >= 15 is 0 Å². The van der Waals surface area contributed by atoms with Crippen LogP contribution < -0.4 is 11.2 Å². The van der Waals surface area contributed by atoms with Gasteiger partial charge in [0.15, 0.2) is 11.2 Å². The van der Waals surface area contributed by atoms with Crippen molar-refractivity contribution in [3.05, 3.63) is 32.2 Å². The molecule has 25 heavy (non-hydrogen) atoms. The van der Waals surface area contributed by atoms with E-state index in [0.29, 0.717) is 23.5 Å². The van der Waals surface area contributed by atoms with Gasteiger partial charge in [-0.05, 0) is 27.2 Å². The van der Waals surface area contributed by atoms with Crippen LogP contribution in [0.1, 0.15) is 37.7 Å². The lowest BCUT2D eigenvalue weighted by Gasteiger charge is -2.13. The molecule has 136 valence electrons. The minimum atomic E-state index is -0.375. The number of rotatable bonds is 5. The van der Waals surface area contributed by atoms with Gasteiger partial charge in [-0.2, -0.15) is 4.98 Å². The molecule has 0 radical (unpaired) electrons. The van der Waals surface area contributed by atoms with Gasteiger partial charge in [-0.25, -0.2) is 4.79 Å². The molecule has 0 bridgehead atoms. The predicted molar refractivity (Wildman–Crippen MR) is 96.5 cm³/mol. The molecule has 0 aliphatic carbocycles. The zero-order valence-electron chi connectivity index (χ0n) is 15.7. The summed E-state index contributed by atoms with van der Waals surface area (Å²) in [5.41, 5.74) is 2.20. The summed E-state index contributed by atoms with van der Waals surface area (Å²) in [5, 5.41) is 0. The van der Waals surface area contributed by atoms with E-state index in [0.717, 1.165) is 17.8 Å². The van der Waals surface area contributed by atoms with Gasteiger partial charge in [0.1, 0.15) is 0 Å². The zero-order valence-corrected chi connectivity index (χ0v) is 15.7. The van der Waals surface area contributed by atoms with Crippen molar-refractivity contribution in [1.82, 2.24) is 23.1 Å². The Hall–Kier alpha value is -2.35. The lowest BCUT2D eigenvalue weighted by atomic mass is 10.2. The number of ether oxygens (including phenoxy) is 1. The number of nitrogens with zero attached hydrogens (tertiary/aromatic N) is 5. The molecule has 3 rings (SSSR count). The number of imidazole rings is 2. The average molecular weight is 347 g/mol. The van der Waals surface area contributed by atoms with Gasteiger partial charge < -0.3 is 9.30 Å². The van der Waals surface area contributed by atoms with Crippen LogP contribution in [-0.2, 0) is 18.3 Å². The summed E-state index contributed by atoms with van der Waals surface area (Å²) < 4.78 is 11.7. The summed E-state index contributed by atoms with van der Waals surface area (Å²) in [6, 6.07) is 0.251. The molecule has 0 aromatic carbocycles. The number of fused-ring (bicyclic) bond motifs is 3. The maximum absolute atomic E-state index is 13.0. The second kappa shape index (κ2) is 6.18. The fraction of sp³-hybridized carbons (Fsp3) is 0.588. The third-order valence-electron chi connectivity index (χ3n) is 5.11. The van der Waals surface area contributed by atoms with Crippen LogP contribution >= 0.6 is 0 Å². The molecule has 0 N–H and O–H groups in total. The largest absolute Gasteiger partial charge is 0.383 e. The molecular formula is C17H25N5O3. The highest BCUT2D eigenvalue weighted by Gasteiger charge is 2.23. The normalized spacial score (nSPS) is 13.2. The van der Waals surface area contributed by atoms with Gasteiger partial charge in [0.05, 0.1) is 13.2 Å². The third kappa shape index (κ3) is 2.35. The van der Waals surface area contributed by atoms with E-state index in [2.05, 4.69) is 23.4 Å². The number of aryl methyl sites for hydroxylation is 2. The van der Waals surface area contributed by atoms with Crippen molar-refractivity contribution in [1.29, 1.82) is 0 Å². The fourth-order valence-corrected chi connectivity index (χ4v) is 3.36. The van der Waals surface area contributed by atoms with E-state index in [1.807, 2.05) is 18.2 Å². The minimum Gasteiger partial charge on any atom is -0.383 e. The fourth-order valence-electron chi connectivity index (χ4n) is 3.36. The van der Waals surface area contributed by atoms with Crippen LogP contribution in [0.15, 0.2) is 9.59 Å². The highest BCUT2D eigenvalue weighted by Crippen LogP contribution is 2.25. The molecule has 3 aromatic rings. The molecule has 1 atom stereocenters. The van der Waals surface area contributed by atoms with E-state index in [1.54, 1.807) is 14.2 Å². The second-order valence-corrected chi connectivity index (χ2v) is 6.51. The molecule has 8 heteroatoms. The zero-order chi connectivity index (χ0) is 18.5. The molecule has 0 aliphatic rings. The van der Waals surface area contributed by atoms with Crippen LogP contribution in [0.25, 0.3) is 16.9 Å². The van der Waals surface area contributed by atoms with Crippen LogP contribution in [0.4, 0.5) is 0 Å². The SMILES string of the molecule is CCC(C)n1c(C)c(C)n2c3c(=O)n(CCOC)c(=O)n(C)c3nc12. The molecule has 0 spiro atoms. The Morgan fingerprint density at radius 2 is 1.88 bits per heavy atom. The Morgan fingerprint density at radius 1 is 1.20 bits per heavy atom. The maximum atomic E-state index is 13.0. The van der Waals surface area contributed by atoms with E-state index in [9.17, 15) is 9.59 Å². The Morgan fingerprint density at radius 3 is 2.48 bits per heavy atom. The van der Waals surface area contributed by atoms with Crippen molar-refractivity contribution < 1.29 is 4.74 Å². The summed E-state index contributed by atoms with van der Waals surface area (Å²) in [4.78, 5) is 30.2. The van der Waals surface area contributed by atoms with Crippen LogP contribution in [0.5, 0.6) is 0 Å². The Kier molecular flexibility index (Phi) is 4.32. The summed E-state index contributed by atoms with van der Waals surface area (Å²) in [7, 11) is 3.19. The molecular weight excluding hydrogens is 322 g/mol. The van der Waals surface area contributed by atoms with Gasteiger partial charge in [0.25, 0.3) is 5.56 Å². The second-order valence-electron chi connectivity index (χ2n) is 6.51. The molecule has 0 aliphatic heterocycles. The average Bonchev–Trinajstić information content (AvgIpc) is 3.09.